The van der Waals surface area contributed by atoms with Crippen molar-refractivity contribution in [1.29, 1.82) is 0 Å². The van der Waals surface area contributed by atoms with E-state index in [0.717, 1.165) is 11.3 Å². The fraction of sp³-hybridized carbons (Fsp3) is 0.312. The highest BCUT2D eigenvalue weighted by atomic mass is 16.5. The zero-order valence-electron chi connectivity index (χ0n) is 12.5. The summed E-state index contributed by atoms with van der Waals surface area (Å²) in [6, 6.07) is 8.83. The van der Waals surface area contributed by atoms with Crippen molar-refractivity contribution in [1.82, 2.24) is 10.2 Å². The van der Waals surface area contributed by atoms with Crippen molar-refractivity contribution in [2.45, 2.75) is 25.2 Å². The molecule has 0 unspecified atom stereocenters. The zero-order chi connectivity index (χ0) is 16.2. The van der Waals surface area contributed by atoms with Gasteiger partial charge in [0.1, 0.15) is 5.75 Å². The Hall–Kier alpha value is -2.83. The van der Waals surface area contributed by atoms with Crippen molar-refractivity contribution in [3.63, 3.8) is 0 Å². The third-order valence-electron chi connectivity index (χ3n) is 3.55. The maximum atomic E-state index is 12.0. The van der Waals surface area contributed by atoms with Crippen LogP contribution in [0.1, 0.15) is 30.0 Å². The van der Waals surface area contributed by atoms with E-state index in [0.29, 0.717) is 17.5 Å². The van der Waals surface area contributed by atoms with E-state index in [1.165, 1.54) is 12.8 Å². The van der Waals surface area contributed by atoms with Crippen molar-refractivity contribution >= 4 is 17.6 Å². The van der Waals surface area contributed by atoms with E-state index in [1.807, 2.05) is 6.07 Å². The van der Waals surface area contributed by atoms with Gasteiger partial charge in [-0.2, -0.15) is 5.10 Å². The van der Waals surface area contributed by atoms with E-state index in [4.69, 9.17) is 10.5 Å². The molecule has 1 saturated carbocycles. The molecule has 1 aromatic carbocycles. The van der Waals surface area contributed by atoms with Crippen molar-refractivity contribution in [2.24, 2.45) is 5.73 Å². The molecule has 1 aliphatic carbocycles. The van der Waals surface area contributed by atoms with Gasteiger partial charge < -0.3 is 15.8 Å². The van der Waals surface area contributed by atoms with Crippen LogP contribution in [0.3, 0.4) is 0 Å². The number of carbonyl (C=O) groups excluding carboxylic acids is 2. The number of hydrogen-bond donors (Lipinski definition) is 3. The molecule has 1 heterocycles. The maximum absolute atomic E-state index is 12.0. The van der Waals surface area contributed by atoms with Gasteiger partial charge in [-0.25, -0.2) is 0 Å². The molecular formula is C16H18N4O3. The van der Waals surface area contributed by atoms with Crippen LogP contribution in [0.15, 0.2) is 30.3 Å². The number of amides is 2. The number of rotatable bonds is 7. The highest BCUT2D eigenvalue weighted by Crippen LogP contribution is 2.39. The van der Waals surface area contributed by atoms with E-state index >= 15 is 0 Å². The van der Waals surface area contributed by atoms with Crippen LogP contribution < -0.4 is 15.8 Å². The van der Waals surface area contributed by atoms with Crippen LogP contribution in [0.5, 0.6) is 5.75 Å². The van der Waals surface area contributed by atoms with E-state index in [2.05, 4.69) is 15.5 Å². The summed E-state index contributed by atoms with van der Waals surface area (Å²) in [6.07, 6.45) is 2.60. The van der Waals surface area contributed by atoms with E-state index in [1.54, 1.807) is 24.3 Å². The average Bonchev–Trinajstić information content (AvgIpc) is 3.27. The average molecular weight is 314 g/mol. The van der Waals surface area contributed by atoms with Crippen molar-refractivity contribution < 1.29 is 14.3 Å². The second-order valence-corrected chi connectivity index (χ2v) is 5.61. The Morgan fingerprint density at radius 2 is 2.04 bits per heavy atom. The first-order chi connectivity index (χ1) is 11.1. The van der Waals surface area contributed by atoms with Crippen LogP contribution in [0.2, 0.25) is 0 Å². The van der Waals surface area contributed by atoms with Gasteiger partial charge >= 0.3 is 0 Å². The summed E-state index contributed by atoms with van der Waals surface area (Å²) in [6.45, 7) is -0.164. The van der Waals surface area contributed by atoms with E-state index in [9.17, 15) is 9.59 Å². The summed E-state index contributed by atoms with van der Waals surface area (Å²) in [7, 11) is 0. The largest absolute Gasteiger partial charge is 0.484 e. The quantitative estimate of drug-likeness (QED) is 0.716. The maximum Gasteiger partial charge on any atom is 0.255 e. The monoisotopic (exact) mass is 314 g/mol. The van der Waals surface area contributed by atoms with Gasteiger partial charge in [-0.15, -0.1) is 0 Å². The van der Waals surface area contributed by atoms with Gasteiger partial charge in [0, 0.05) is 17.7 Å². The lowest BCUT2D eigenvalue weighted by Gasteiger charge is -2.05. The minimum absolute atomic E-state index is 0.135. The van der Waals surface area contributed by atoms with Crippen LogP contribution in [-0.2, 0) is 16.0 Å². The van der Waals surface area contributed by atoms with Crippen LogP contribution in [-0.4, -0.2) is 28.6 Å². The number of primary amides is 1. The van der Waals surface area contributed by atoms with Gasteiger partial charge in [0.25, 0.3) is 5.91 Å². The Balaban J connectivity index is 1.51. The highest BCUT2D eigenvalue weighted by molar-refractivity contribution is 5.91. The first-order valence-electron chi connectivity index (χ1n) is 7.45. The number of benzene rings is 1. The molecule has 0 saturated heterocycles. The predicted octanol–water partition coefficient (Wildman–Crippen LogP) is 1.33. The molecule has 1 fully saturated rings. The fourth-order valence-corrected chi connectivity index (χ4v) is 2.23. The first kappa shape index (κ1) is 15.1. The molecule has 7 heteroatoms. The Morgan fingerprint density at radius 3 is 2.70 bits per heavy atom. The third-order valence-corrected chi connectivity index (χ3v) is 3.55. The summed E-state index contributed by atoms with van der Waals surface area (Å²) >= 11 is 0. The Kier molecular flexibility index (Phi) is 4.27. The number of nitrogens with one attached hydrogen (secondary N) is 2. The SMILES string of the molecule is NC(=O)COc1ccc(CC(=O)Nc2cc(C3CC3)[nH]n2)cc1. The second-order valence-electron chi connectivity index (χ2n) is 5.61. The number of aromatic nitrogens is 2. The second kappa shape index (κ2) is 6.51. The summed E-state index contributed by atoms with van der Waals surface area (Å²) < 4.78 is 5.16. The fourth-order valence-electron chi connectivity index (χ4n) is 2.23. The molecule has 7 nitrogen and oxygen atoms in total. The van der Waals surface area contributed by atoms with Crippen molar-refractivity contribution in [3.8, 4) is 5.75 Å². The minimum atomic E-state index is -0.530. The van der Waals surface area contributed by atoms with Gasteiger partial charge in [-0.05, 0) is 30.5 Å². The zero-order valence-corrected chi connectivity index (χ0v) is 12.5. The lowest BCUT2D eigenvalue weighted by Crippen LogP contribution is -2.20. The van der Waals surface area contributed by atoms with Gasteiger partial charge in [0.05, 0.1) is 6.42 Å². The van der Waals surface area contributed by atoms with Gasteiger partial charge in [0.2, 0.25) is 5.91 Å². The van der Waals surface area contributed by atoms with Crippen molar-refractivity contribution in [3.05, 3.63) is 41.6 Å². The molecule has 0 spiro atoms. The first-order valence-corrected chi connectivity index (χ1v) is 7.45. The Labute approximate surface area is 133 Å². The summed E-state index contributed by atoms with van der Waals surface area (Å²) in [5.74, 6) is 0.997. The Bertz CT molecular complexity index is 704. The highest BCUT2D eigenvalue weighted by Gasteiger charge is 2.25. The number of hydrogen-bond acceptors (Lipinski definition) is 4. The molecule has 4 N–H and O–H groups in total. The van der Waals surface area contributed by atoms with Crippen LogP contribution >= 0.6 is 0 Å². The summed E-state index contributed by atoms with van der Waals surface area (Å²) in [5, 5.41) is 9.82. The smallest absolute Gasteiger partial charge is 0.255 e. The van der Waals surface area contributed by atoms with Crippen molar-refractivity contribution in [2.75, 3.05) is 11.9 Å². The molecule has 0 bridgehead atoms. The molecule has 1 aromatic heterocycles. The summed E-state index contributed by atoms with van der Waals surface area (Å²) in [5.41, 5.74) is 6.93. The third kappa shape index (κ3) is 4.32. The molecule has 0 atom stereocenters. The molecule has 0 aliphatic heterocycles. The molecule has 2 amide bonds. The van der Waals surface area contributed by atoms with Gasteiger partial charge in [-0.3, -0.25) is 14.7 Å². The van der Waals surface area contributed by atoms with E-state index in [-0.39, 0.29) is 18.9 Å². The van der Waals surface area contributed by atoms with Gasteiger partial charge in [0.15, 0.2) is 12.4 Å². The molecule has 3 rings (SSSR count). The standard InChI is InChI=1S/C16H18N4O3/c17-14(21)9-23-12-5-1-10(2-6-12)7-16(22)18-15-8-13(19-20-15)11-3-4-11/h1-2,5-6,8,11H,3-4,7,9H2,(H2,17,21)(H2,18,19,20,22). The molecular weight excluding hydrogens is 296 g/mol. The number of aromatic amines is 1. The lowest BCUT2D eigenvalue weighted by atomic mass is 10.1. The number of anilines is 1. The predicted molar refractivity (Wildman–Crippen MR) is 84.0 cm³/mol. The molecule has 1 aliphatic rings. The van der Waals surface area contributed by atoms with Crippen LogP contribution in [0.25, 0.3) is 0 Å². The van der Waals surface area contributed by atoms with Gasteiger partial charge in [-0.1, -0.05) is 12.1 Å². The number of carbonyl (C=O) groups is 2. The number of nitrogens with zero attached hydrogens (tertiary/aromatic N) is 1. The molecule has 2 aromatic rings. The lowest BCUT2D eigenvalue weighted by molar-refractivity contribution is -0.120. The topological polar surface area (TPSA) is 110 Å². The molecule has 120 valence electrons. The number of H-pyrrole nitrogens is 1. The normalized spacial score (nSPS) is 13.6. The number of ether oxygens (including phenoxy) is 1. The Morgan fingerprint density at radius 1 is 1.30 bits per heavy atom. The van der Waals surface area contributed by atoms with E-state index < -0.39 is 5.91 Å². The number of nitrogens with two attached hydrogens (primary N) is 1. The molecule has 0 radical (unpaired) electrons. The molecule has 23 heavy (non-hydrogen) atoms. The summed E-state index contributed by atoms with van der Waals surface area (Å²) in [4.78, 5) is 22.7. The van der Waals surface area contributed by atoms with Crippen LogP contribution in [0.4, 0.5) is 5.82 Å². The van der Waals surface area contributed by atoms with Crippen LogP contribution in [0, 0.1) is 0 Å². The minimum Gasteiger partial charge on any atom is -0.484 e.